The minimum Gasteiger partial charge on any atom is -0.339 e. The summed E-state index contributed by atoms with van der Waals surface area (Å²) in [4.78, 5) is 32.2. The molecule has 0 aliphatic carbocycles. The molecule has 4 rings (SSSR count). The number of benzene rings is 1. The van der Waals surface area contributed by atoms with Crippen LogP contribution < -0.4 is 5.32 Å². The Morgan fingerprint density at radius 3 is 2.83 bits per heavy atom. The molecule has 1 N–H and O–H groups in total. The molecule has 3 heterocycles. The lowest BCUT2D eigenvalue weighted by molar-refractivity contribution is -0.116. The Bertz CT molecular complexity index is 1010. The predicted molar refractivity (Wildman–Crippen MR) is 111 cm³/mol. The molecule has 0 atom stereocenters. The number of anilines is 1. The smallest absolute Gasteiger partial charge is 0.255 e. The summed E-state index contributed by atoms with van der Waals surface area (Å²) in [6, 6.07) is 8.74. The van der Waals surface area contributed by atoms with Crippen molar-refractivity contribution in [2.75, 3.05) is 18.4 Å². The van der Waals surface area contributed by atoms with Gasteiger partial charge in [-0.15, -0.1) is 11.3 Å². The fourth-order valence-electron chi connectivity index (χ4n) is 3.19. The zero-order valence-electron chi connectivity index (χ0n) is 15.6. The van der Waals surface area contributed by atoms with Crippen LogP contribution in [0.1, 0.15) is 35.5 Å². The topological polar surface area (TPSA) is 88.3 Å². The standard InChI is InChI=1S/C20H19ClN4O3S/c21-13-5-6-14(20(27)25-9-1-2-10-25)15(12-13)22-17(26)7-8-18-23-19(24-28-18)16-4-3-11-29-16/h3-6,11-12H,1-2,7-10H2,(H,22,26). The van der Waals surface area contributed by atoms with Gasteiger partial charge in [-0.05, 0) is 42.5 Å². The van der Waals surface area contributed by atoms with Crippen molar-refractivity contribution in [3.05, 3.63) is 52.2 Å². The van der Waals surface area contributed by atoms with Crippen LogP contribution in [-0.2, 0) is 11.2 Å². The number of aromatic nitrogens is 2. The Kier molecular flexibility index (Phi) is 5.92. The van der Waals surface area contributed by atoms with Gasteiger partial charge in [0.25, 0.3) is 5.91 Å². The number of halogens is 1. The van der Waals surface area contributed by atoms with Crippen molar-refractivity contribution in [1.29, 1.82) is 0 Å². The molecule has 3 aromatic rings. The zero-order valence-corrected chi connectivity index (χ0v) is 17.1. The summed E-state index contributed by atoms with van der Waals surface area (Å²) in [7, 11) is 0. The first-order valence-electron chi connectivity index (χ1n) is 9.35. The molecular formula is C20H19ClN4O3S. The Labute approximate surface area is 176 Å². The lowest BCUT2D eigenvalue weighted by Gasteiger charge is -2.18. The first-order valence-corrected chi connectivity index (χ1v) is 10.6. The molecule has 1 aliphatic rings. The van der Waals surface area contributed by atoms with Gasteiger partial charge in [0.05, 0.1) is 16.1 Å². The van der Waals surface area contributed by atoms with Crippen molar-refractivity contribution in [2.45, 2.75) is 25.7 Å². The van der Waals surface area contributed by atoms with Gasteiger partial charge in [-0.3, -0.25) is 9.59 Å². The van der Waals surface area contributed by atoms with Crippen LogP contribution >= 0.6 is 22.9 Å². The van der Waals surface area contributed by atoms with E-state index in [4.69, 9.17) is 16.1 Å². The van der Waals surface area contributed by atoms with Crippen LogP contribution in [0.15, 0.2) is 40.2 Å². The molecule has 29 heavy (non-hydrogen) atoms. The molecule has 1 fully saturated rings. The van der Waals surface area contributed by atoms with E-state index in [1.54, 1.807) is 23.1 Å². The molecule has 9 heteroatoms. The zero-order chi connectivity index (χ0) is 20.2. The van der Waals surface area contributed by atoms with Crippen molar-refractivity contribution >= 4 is 40.4 Å². The number of carbonyl (C=O) groups is 2. The minimum atomic E-state index is -0.251. The quantitative estimate of drug-likeness (QED) is 0.631. The van der Waals surface area contributed by atoms with Crippen molar-refractivity contribution in [3.63, 3.8) is 0 Å². The predicted octanol–water partition coefficient (Wildman–Crippen LogP) is 4.26. The summed E-state index contributed by atoms with van der Waals surface area (Å²) in [5.74, 6) is 0.567. The van der Waals surface area contributed by atoms with E-state index in [1.165, 1.54) is 11.3 Å². The van der Waals surface area contributed by atoms with Gasteiger partial charge in [-0.25, -0.2) is 0 Å². The highest BCUT2D eigenvalue weighted by atomic mass is 35.5. The van der Waals surface area contributed by atoms with Crippen LogP contribution in [-0.4, -0.2) is 39.9 Å². The largest absolute Gasteiger partial charge is 0.339 e. The number of nitrogens with one attached hydrogen (secondary N) is 1. The molecule has 1 saturated heterocycles. The summed E-state index contributed by atoms with van der Waals surface area (Å²) in [5.41, 5.74) is 0.867. The van der Waals surface area contributed by atoms with Crippen LogP contribution in [0.2, 0.25) is 5.02 Å². The number of hydrogen-bond donors (Lipinski definition) is 1. The van der Waals surface area contributed by atoms with Gasteiger partial charge in [0.15, 0.2) is 0 Å². The van der Waals surface area contributed by atoms with E-state index < -0.39 is 0 Å². The summed E-state index contributed by atoms with van der Waals surface area (Å²) >= 11 is 7.60. The number of hydrogen-bond acceptors (Lipinski definition) is 6. The van der Waals surface area contributed by atoms with Crippen LogP contribution in [0.3, 0.4) is 0 Å². The molecule has 0 bridgehead atoms. The molecule has 150 valence electrons. The first-order chi connectivity index (χ1) is 14.1. The van der Waals surface area contributed by atoms with Crippen LogP contribution in [0.4, 0.5) is 5.69 Å². The van der Waals surface area contributed by atoms with Crippen molar-refractivity contribution in [3.8, 4) is 10.7 Å². The van der Waals surface area contributed by atoms with E-state index in [9.17, 15) is 9.59 Å². The van der Waals surface area contributed by atoms with Crippen LogP contribution in [0, 0.1) is 0 Å². The Morgan fingerprint density at radius 1 is 1.24 bits per heavy atom. The van der Waals surface area contributed by atoms with E-state index in [0.717, 1.165) is 30.8 Å². The molecule has 1 aromatic carbocycles. The maximum atomic E-state index is 12.8. The number of aryl methyl sites for hydroxylation is 1. The highest BCUT2D eigenvalue weighted by Crippen LogP contribution is 2.25. The molecule has 1 aliphatic heterocycles. The van der Waals surface area contributed by atoms with Crippen molar-refractivity contribution < 1.29 is 14.1 Å². The average Bonchev–Trinajstić information content (AvgIpc) is 3.48. The fourth-order valence-corrected chi connectivity index (χ4v) is 4.01. The van der Waals surface area contributed by atoms with Crippen molar-refractivity contribution in [2.24, 2.45) is 0 Å². The first kappa shape index (κ1) is 19.6. The van der Waals surface area contributed by atoms with Gasteiger partial charge < -0.3 is 14.7 Å². The van der Waals surface area contributed by atoms with E-state index >= 15 is 0 Å². The molecule has 0 spiro atoms. The lowest BCUT2D eigenvalue weighted by Crippen LogP contribution is -2.28. The van der Waals surface area contributed by atoms with E-state index in [-0.39, 0.29) is 18.2 Å². The van der Waals surface area contributed by atoms with E-state index in [2.05, 4.69) is 15.5 Å². The van der Waals surface area contributed by atoms with Gasteiger partial charge in [-0.2, -0.15) is 4.98 Å². The number of amides is 2. The second-order valence-corrected chi connectivity index (χ2v) is 8.11. The van der Waals surface area contributed by atoms with Gasteiger partial charge in [0.1, 0.15) is 0 Å². The molecular weight excluding hydrogens is 412 g/mol. The number of nitrogens with zero attached hydrogens (tertiary/aromatic N) is 3. The second-order valence-electron chi connectivity index (χ2n) is 6.73. The van der Waals surface area contributed by atoms with Crippen molar-refractivity contribution in [1.82, 2.24) is 15.0 Å². The third-order valence-electron chi connectivity index (χ3n) is 4.65. The summed E-state index contributed by atoms with van der Waals surface area (Å²) < 4.78 is 5.22. The van der Waals surface area contributed by atoms with Crippen LogP contribution in [0.25, 0.3) is 10.7 Å². The average molecular weight is 431 g/mol. The van der Waals surface area contributed by atoms with Crippen LogP contribution in [0.5, 0.6) is 0 Å². The van der Waals surface area contributed by atoms with Gasteiger partial charge in [0.2, 0.25) is 17.6 Å². The van der Waals surface area contributed by atoms with E-state index in [0.29, 0.717) is 34.4 Å². The third kappa shape index (κ3) is 4.65. The minimum absolute atomic E-state index is 0.0908. The maximum Gasteiger partial charge on any atom is 0.255 e. The Hall–Kier alpha value is -2.71. The fraction of sp³-hybridized carbons (Fsp3) is 0.300. The van der Waals surface area contributed by atoms with Gasteiger partial charge in [0, 0.05) is 31.0 Å². The third-order valence-corrected chi connectivity index (χ3v) is 5.76. The SMILES string of the molecule is O=C(CCc1nc(-c2cccs2)no1)Nc1cc(Cl)ccc1C(=O)N1CCCC1. The molecule has 2 aromatic heterocycles. The normalized spacial score (nSPS) is 13.6. The number of likely N-dealkylation sites (tertiary alicyclic amines) is 1. The molecule has 7 nitrogen and oxygen atoms in total. The molecule has 0 saturated carbocycles. The number of thiophene rings is 1. The highest BCUT2D eigenvalue weighted by molar-refractivity contribution is 7.13. The summed E-state index contributed by atoms with van der Waals surface area (Å²) in [6.07, 6.45) is 2.45. The Morgan fingerprint density at radius 2 is 2.07 bits per heavy atom. The summed E-state index contributed by atoms with van der Waals surface area (Å²) in [5, 5.41) is 9.13. The second kappa shape index (κ2) is 8.75. The van der Waals surface area contributed by atoms with Gasteiger partial charge in [-0.1, -0.05) is 22.8 Å². The Balaban J connectivity index is 1.40. The maximum absolute atomic E-state index is 12.8. The molecule has 2 amide bonds. The molecule has 0 radical (unpaired) electrons. The van der Waals surface area contributed by atoms with E-state index in [1.807, 2.05) is 17.5 Å². The molecule has 0 unspecified atom stereocenters. The lowest BCUT2D eigenvalue weighted by atomic mass is 10.1. The highest BCUT2D eigenvalue weighted by Gasteiger charge is 2.23. The monoisotopic (exact) mass is 430 g/mol. The summed E-state index contributed by atoms with van der Waals surface area (Å²) in [6.45, 7) is 1.47. The van der Waals surface area contributed by atoms with Gasteiger partial charge >= 0.3 is 0 Å². The number of rotatable bonds is 6. The number of carbonyl (C=O) groups excluding carboxylic acids is 2.